The number of halogens is 4. The summed E-state index contributed by atoms with van der Waals surface area (Å²) < 4.78 is 66.4. The summed E-state index contributed by atoms with van der Waals surface area (Å²) in [7, 11) is -3.89. The maximum atomic E-state index is 12.9. The summed E-state index contributed by atoms with van der Waals surface area (Å²) in [5.74, 6) is -0.749. The van der Waals surface area contributed by atoms with Gasteiger partial charge in [0.15, 0.2) is 0 Å². The van der Waals surface area contributed by atoms with Gasteiger partial charge in [-0.15, -0.1) is 0 Å². The van der Waals surface area contributed by atoms with Gasteiger partial charge in [0.25, 0.3) is 15.9 Å². The summed E-state index contributed by atoms with van der Waals surface area (Å²) in [6.45, 7) is 1.65. The van der Waals surface area contributed by atoms with Crippen LogP contribution in [0, 0.1) is 6.92 Å². The van der Waals surface area contributed by atoms with Crippen LogP contribution in [0.4, 0.5) is 24.5 Å². The minimum atomic E-state index is -4.60. The molecule has 0 heterocycles. The van der Waals surface area contributed by atoms with Crippen molar-refractivity contribution in [2.45, 2.75) is 18.0 Å². The molecule has 0 aliphatic rings. The number of aryl methyl sites for hydroxylation is 1. The Bertz CT molecular complexity index is 1230. The van der Waals surface area contributed by atoms with E-state index in [1.807, 2.05) is 0 Å². The molecule has 0 saturated heterocycles. The zero-order valence-electron chi connectivity index (χ0n) is 16.0. The van der Waals surface area contributed by atoms with Crippen molar-refractivity contribution in [1.82, 2.24) is 0 Å². The van der Waals surface area contributed by atoms with Gasteiger partial charge < -0.3 is 5.32 Å². The Morgan fingerprint density at radius 3 is 2.26 bits per heavy atom. The zero-order chi connectivity index (χ0) is 22.8. The Balaban J connectivity index is 1.87. The van der Waals surface area contributed by atoms with Crippen molar-refractivity contribution in [3.05, 3.63) is 88.4 Å². The van der Waals surface area contributed by atoms with E-state index in [4.69, 9.17) is 11.6 Å². The lowest BCUT2D eigenvalue weighted by Gasteiger charge is -2.14. The van der Waals surface area contributed by atoms with Gasteiger partial charge in [0.05, 0.1) is 26.9 Å². The van der Waals surface area contributed by atoms with E-state index in [2.05, 4.69) is 10.0 Å². The van der Waals surface area contributed by atoms with Gasteiger partial charge in [-0.25, -0.2) is 8.42 Å². The number of nitrogens with one attached hydrogen (secondary N) is 2. The second-order valence-electron chi connectivity index (χ2n) is 6.59. The van der Waals surface area contributed by atoms with Gasteiger partial charge in [-0.2, -0.15) is 13.2 Å². The molecule has 3 aromatic rings. The summed E-state index contributed by atoms with van der Waals surface area (Å²) in [5, 5.41) is 2.26. The highest BCUT2D eigenvalue weighted by molar-refractivity contribution is 7.92. The van der Waals surface area contributed by atoms with E-state index in [1.165, 1.54) is 30.3 Å². The highest BCUT2D eigenvalue weighted by Crippen LogP contribution is 2.34. The average molecular weight is 469 g/mol. The smallest absolute Gasteiger partial charge is 0.321 e. The molecule has 31 heavy (non-hydrogen) atoms. The standard InChI is InChI=1S/C21H16ClF3N2O3S/c1-13-7-8-14(11-18(13)27-31(29,30)16-5-3-2-4-6-16)20(28)26-19-12-15(21(23,24)25)9-10-17(19)22/h2-12,27H,1H3,(H,26,28). The van der Waals surface area contributed by atoms with Crippen molar-refractivity contribution in [2.75, 3.05) is 10.0 Å². The SMILES string of the molecule is Cc1ccc(C(=O)Nc2cc(C(F)(F)F)ccc2Cl)cc1NS(=O)(=O)c1ccccc1. The first-order valence-electron chi connectivity index (χ1n) is 8.84. The molecule has 1 amide bonds. The minimum absolute atomic E-state index is 0.0323. The van der Waals surface area contributed by atoms with Gasteiger partial charge >= 0.3 is 6.18 Å². The average Bonchev–Trinajstić information content (AvgIpc) is 2.71. The van der Waals surface area contributed by atoms with Crippen molar-refractivity contribution >= 4 is 38.9 Å². The van der Waals surface area contributed by atoms with Gasteiger partial charge in [-0.3, -0.25) is 9.52 Å². The molecule has 3 rings (SSSR count). The third-order valence-electron chi connectivity index (χ3n) is 4.34. The third kappa shape index (κ3) is 5.36. The molecule has 0 aliphatic heterocycles. The van der Waals surface area contributed by atoms with Gasteiger partial charge in [0.1, 0.15) is 0 Å². The van der Waals surface area contributed by atoms with Crippen molar-refractivity contribution in [1.29, 1.82) is 0 Å². The van der Waals surface area contributed by atoms with Gasteiger partial charge in [-0.05, 0) is 55.0 Å². The Hall–Kier alpha value is -3.04. The first-order valence-corrected chi connectivity index (χ1v) is 10.7. The molecule has 0 atom stereocenters. The maximum Gasteiger partial charge on any atom is 0.416 e. The van der Waals surface area contributed by atoms with E-state index in [1.54, 1.807) is 25.1 Å². The molecule has 3 aromatic carbocycles. The molecule has 0 spiro atoms. The Kier molecular flexibility index (Phi) is 6.28. The monoisotopic (exact) mass is 468 g/mol. The number of alkyl halides is 3. The molecule has 0 bridgehead atoms. The molecule has 0 aromatic heterocycles. The molecule has 2 N–H and O–H groups in total. The van der Waals surface area contributed by atoms with Crippen LogP contribution in [0.1, 0.15) is 21.5 Å². The Morgan fingerprint density at radius 2 is 1.61 bits per heavy atom. The summed E-state index contributed by atoms with van der Waals surface area (Å²) in [4.78, 5) is 12.6. The molecule has 0 fully saturated rings. The predicted molar refractivity (Wildman–Crippen MR) is 113 cm³/mol. The van der Waals surface area contributed by atoms with E-state index in [0.29, 0.717) is 5.56 Å². The molecule has 162 valence electrons. The molecule has 0 aliphatic carbocycles. The number of carbonyl (C=O) groups is 1. The van der Waals surface area contributed by atoms with E-state index in [0.717, 1.165) is 18.2 Å². The first kappa shape index (κ1) is 22.6. The summed E-state index contributed by atoms with van der Waals surface area (Å²) in [6, 6.07) is 14.5. The summed E-state index contributed by atoms with van der Waals surface area (Å²) in [6.07, 6.45) is -4.60. The normalized spacial score (nSPS) is 11.8. The summed E-state index contributed by atoms with van der Waals surface area (Å²) in [5.41, 5.74) is -0.439. The molecular formula is C21H16ClF3N2O3S. The molecular weight excluding hydrogens is 453 g/mol. The topological polar surface area (TPSA) is 75.3 Å². The van der Waals surface area contributed by atoms with Crippen LogP contribution in [0.15, 0.2) is 71.6 Å². The molecule has 5 nitrogen and oxygen atoms in total. The second kappa shape index (κ2) is 8.60. The summed E-state index contributed by atoms with van der Waals surface area (Å²) >= 11 is 5.92. The minimum Gasteiger partial charge on any atom is -0.321 e. The molecule has 0 unspecified atom stereocenters. The number of benzene rings is 3. The van der Waals surface area contributed by atoms with E-state index in [-0.39, 0.29) is 26.9 Å². The number of rotatable bonds is 5. The molecule has 10 heteroatoms. The Labute approximate surface area is 181 Å². The van der Waals surface area contributed by atoms with Crippen LogP contribution >= 0.6 is 11.6 Å². The zero-order valence-corrected chi connectivity index (χ0v) is 17.6. The fourth-order valence-corrected chi connectivity index (χ4v) is 3.98. The number of anilines is 2. The van der Waals surface area contributed by atoms with Crippen LogP contribution in [-0.4, -0.2) is 14.3 Å². The van der Waals surface area contributed by atoms with Crippen molar-refractivity contribution in [3.63, 3.8) is 0 Å². The molecule has 0 saturated carbocycles. The number of carbonyl (C=O) groups excluding carboxylic acids is 1. The van der Waals surface area contributed by atoms with Crippen molar-refractivity contribution in [2.24, 2.45) is 0 Å². The highest BCUT2D eigenvalue weighted by Gasteiger charge is 2.31. The molecule has 0 radical (unpaired) electrons. The van der Waals surface area contributed by atoms with Crippen molar-refractivity contribution < 1.29 is 26.4 Å². The lowest BCUT2D eigenvalue weighted by Crippen LogP contribution is -2.16. The first-order chi connectivity index (χ1) is 14.5. The van der Waals surface area contributed by atoms with Crippen LogP contribution in [0.25, 0.3) is 0 Å². The van der Waals surface area contributed by atoms with E-state index >= 15 is 0 Å². The largest absolute Gasteiger partial charge is 0.416 e. The number of amides is 1. The lowest BCUT2D eigenvalue weighted by molar-refractivity contribution is -0.137. The fraction of sp³-hybridized carbons (Fsp3) is 0.0952. The fourth-order valence-electron chi connectivity index (χ4n) is 2.67. The lowest BCUT2D eigenvalue weighted by atomic mass is 10.1. The predicted octanol–water partition coefficient (Wildman–Crippen LogP) is 5.72. The van der Waals surface area contributed by atoms with Crippen LogP contribution in [0.2, 0.25) is 5.02 Å². The van der Waals surface area contributed by atoms with E-state index < -0.39 is 27.7 Å². The third-order valence-corrected chi connectivity index (χ3v) is 6.05. The van der Waals surface area contributed by atoms with Gasteiger partial charge in [-0.1, -0.05) is 35.9 Å². The van der Waals surface area contributed by atoms with Crippen LogP contribution in [-0.2, 0) is 16.2 Å². The number of hydrogen-bond acceptors (Lipinski definition) is 3. The van der Waals surface area contributed by atoms with Crippen molar-refractivity contribution in [3.8, 4) is 0 Å². The number of hydrogen-bond donors (Lipinski definition) is 2. The van der Waals surface area contributed by atoms with Gasteiger partial charge in [0.2, 0.25) is 0 Å². The van der Waals surface area contributed by atoms with Crippen LogP contribution in [0.5, 0.6) is 0 Å². The highest BCUT2D eigenvalue weighted by atomic mass is 35.5. The van der Waals surface area contributed by atoms with Crippen LogP contribution < -0.4 is 10.0 Å². The Morgan fingerprint density at radius 1 is 0.935 bits per heavy atom. The van der Waals surface area contributed by atoms with Gasteiger partial charge in [0, 0.05) is 5.56 Å². The van der Waals surface area contributed by atoms with Crippen LogP contribution in [0.3, 0.4) is 0 Å². The second-order valence-corrected chi connectivity index (χ2v) is 8.68. The maximum absolute atomic E-state index is 12.9. The van der Waals surface area contributed by atoms with E-state index in [9.17, 15) is 26.4 Å². The number of sulfonamides is 1. The quantitative estimate of drug-likeness (QED) is 0.503.